The Morgan fingerprint density at radius 3 is 2.42 bits per heavy atom. The molecule has 2 N–H and O–H groups in total. The Labute approximate surface area is 140 Å². The lowest BCUT2D eigenvalue weighted by Gasteiger charge is -2.06. The van der Waals surface area contributed by atoms with Gasteiger partial charge in [0.15, 0.2) is 0 Å². The van der Waals surface area contributed by atoms with E-state index in [1.807, 2.05) is 31.2 Å². The second kappa shape index (κ2) is 8.30. The summed E-state index contributed by atoms with van der Waals surface area (Å²) in [5.74, 6) is -0.656. The summed E-state index contributed by atoms with van der Waals surface area (Å²) in [5.41, 5.74) is 3.18. The molecule has 0 spiro atoms. The third kappa shape index (κ3) is 5.43. The summed E-state index contributed by atoms with van der Waals surface area (Å²) in [6.45, 7) is 2.00. The molecule has 5 heteroatoms. The lowest BCUT2D eigenvalue weighted by Crippen LogP contribution is -2.11. The van der Waals surface area contributed by atoms with E-state index >= 15 is 0 Å². The van der Waals surface area contributed by atoms with E-state index in [2.05, 4.69) is 10.6 Å². The fraction of sp³-hybridized carbons (Fsp3) is 0.105. The Kier molecular flexibility index (Phi) is 5.87. The number of aryl methyl sites for hydroxylation is 1. The van der Waals surface area contributed by atoms with E-state index < -0.39 is 0 Å². The van der Waals surface area contributed by atoms with Gasteiger partial charge < -0.3 is 10.6 Å². The van der Waals surface area contributed by atoms with Gasteiger partial charge in [0.2, 0.25) is 11.8 Å². The molecule has 0 heterocycles. The average molecular weight is 319 g/mol. The molecule has 2 rings (SSSR count). The Balaban J connectivity index is 1.97. The van der Waals surface area contributed by atoms with Crippen LogP contribution in [0.2, 0.25) is 0 Å². The maximum absolute atomic E-state index is 12.0. The predicted octanol–water partition coefficient (Wildman–Crippen LogP) is 3.50. The molecule has 2 aromatic carbocycles. The van der Waals surface area contributed by atoms with Crippen molar-refractivity contribution in [2.45, 2.75) is 13.3 Å². The monoisotopic (exact) mass is 319 g/mol. The van der Waals surface area contributed by atoms with E-state index in [9.17, 15) is 9.59 Å². The number of carbonyl (C=O) groups excluding carboxylic acids is 2. The standard InChI is InChI=1S/C19H17N3O2/c1-14-5-7-15(8-6-14)9-10-18(23)21-16-3-2-4-17(13-16)22-19(24)11-12-20/h2-10,13H,11H2,1H3,(H,21,23)(H,22,24)/b10-9+. The largest absolute Gasteiger partial charge is 0.325 e. The minimum Gasteiger partial charge on any atom is -0.325 e. The van der Waals surface area contributed by atoms with Crippen LogP contribution in [0.25, 0.3) is 6.08 Å². The summed E-state index contributed by atoms with van der Waals surface area (Å²) in [6, 6.07) is 16.4. The first kappa shape index (κ1) is 17.0. The molecular formula is C19H17N3O2. The van der Waals surface area contributed by atoms with Crippen molar-refractivity contribution in [1.29, 1.82) is 5.26 Å². The molecule has 0 aliphatic heterocycles. The molecule has 5 nitrogen and oxygen atoms in total. The third-order valence-corrected chi connectivity index (χ3v) is 3.16. The van der Waals surface area contributed by atoms with Crippen molar-refractivity contribution >= 4 is 29.3 Å². The van der Waals surface area contributed by atoms with Crippen LogP contribution in [-0.2, 0) is 9.59 Å². The minimum absolute atomic E-state index is 0.212. The summed E-state index contributed by atoms with van der Waals surface area (Å²) in [6.07, 6.45) is 2.97. The number of nitrogens with zero attached hydrogens (tertiary/aromatic N) is 1. The van der Waals surface area contributed by atoms with Crippen LogP contribution in [0.5, 0.6) is 0 Å². The van der Waals surface area contributed by atoms with E-state index in [0.29, 0.717) is 11.4 Å². The topological polar surface area (TPSA) is 82.0 Å². The van der Waals surface area contributed by atoms with Gasteiger partial charge in [0.25, 0.3) is 0 Å². The van der Waals surface area contributed by atoms with Crippen LogP contribution in [-0.4, -0.2) is 11.8 Å². The van der Waals surface area contributed by atoms with Gasteiger partial charge in [0.1, 0.15) is 6.42 Å². The molecule has 0 aliphatic carbocycles. The summed E-state index contributed by atoms with van der Waals surface area (Å²) in [5, 5.41) is 13.8. The van der Waals surface area contributed by atoms with Gasteiger partial charge in [-0.3, -0.25) is 9.59 Å². The minimum atomic E-state index is -0.389. The number of nitrogens with one attached hydrogen (secondary N) is 2. The van der Waals surface area contributed by atoms with Gasteiger partial charge in [-0.2, -0.15) is 5.26 Å². The normalized spacial score (nSPS) is 10.2. The first-order valence-electron chi connectivity index (χ1n) is 7.39. The summed E-state index contributed by atoms with van der Waals surface area (Å²) in [4.78, 5) is 23.4. The lowest BCUT2D eigenvalue weighted by atomic mass is 10.1. The molecule has 0 aromatic heterocycles. The van der Waals surface area contributed by atoms with Crippen LogP contribution in [0.1, 0.15) is 17.5 Å². The van der Waals surface area contributed by atoms with Crippen LogP contribution >= 0.6 is 0 Å². The first-order chi connectivity index (χ1) is 11.6. The highest BCUT2D eigenvalue weighted by atomic mass is 16.2. The predicted molar refractivity (Wildman–Crippen MR) is 94.1 cm³/mol. The van der Waals surface area contributed by atoms with Gasteiger partial charge in [-0.1, -0.05) is 35.9 Å². The fourth-order valence-corrected chi connectivity index (χ4v) is 1.99. The number of hydrogen-bond donors (Lipinski definition) is 2. The van der Waals surface area contributed by atoms with Crippen molar-refractivity contribution < 1.29 is 9.59 Å². The molecule has 0 unspecified atom stereocenters. The number of carbonyl (C=O) groups is 2. The van der Waals surface area contributed by atoms with Crippen LogP contribution in [0.3, 0.4) is 0 Å². The molecule has 0 bridgehead atoms. The van der Waals surface area contributed by atoms with Crippen LogP contribution in [0.4, 0.5) is 11.4 Å². The smallest absolute Gasteiger partial charge is 0.248 e. The molecule has 2 amide bonds. The van der Waals surface area contributed by atoms with Crippen molar-refractivity contribution in [2.75, 3.05) is 10.6 Å². The summed E-state index contributed by atoms with van der Waals surface area (Å²) >= 11 is 0. The lowest BCUT2D eigenvalue weighted by molar-refractivity contribution is -0.115. The molecule has 0 atom stereocenters. The van der Waals surface area contributed by atoms with Crippen LogP contribution < -0.4 is 10.6 Å². The zero-order valence-corrected chi connectivity index (χ0v) is 13.2. The Hall–Kier alpha value is -3.39. The highest BCUT2D eigenvalue weighted by Crippen LogP contribution is 2.15. The number of hydrogen-bond acceptors (Lipinski definition) is 3. The molecule has 24 heavy (non-hydrogen) atoms. The fourth-order valence-electron chi connectivity index (χ4n) is 1.99. The molecular weight excluding hydrogens is 302 g/mol. The van der Waals surface area contributed by atoms with Gasteiger partial charge in [0, 0.05) is 17.5 Å². The zero-order chi connectivity index (χ0) is 17.4. The molecule has 120 valence electrons. The van der Waals surface area contributed by atoms with Crippen molar-refractivity contribution in [3.05, 3.63) is 65.7 Å². The second-order valence-corrected chi connectivity index (χ2v) is 5.20. The van der Waals surface area contributed by atoms with Gasteiger partial charge in [-0.15, -0.1) is 0 Å². The number of anilines is 2. The summed E-state index contributed by atoms with van der Waals surface area (Å²) < 4.78 is 0. The molecule has 0 saturated heterocycles. The number of amides is 2. The van der Waals surface area contributed by atoms with E-state index in [1.165, 1.54) is 6.08 Å². The van der Waals surface area contributed by atoms with E-state index in [4.69, 9.17) is 5.26 Å². The second-order valence-electron chi connectivity index (χ2n) is 5.20. The molecule has 0 radical (unpaired) electrons. The molecule has 0 aliphatic rings. The Morgan fingerprint density at radius 2 is 1.75 bits per heavy atom. The van der Waals surface area contributed by atoms with Crippen molar-refractivity contribution in [1.82, 2.24) is 0 Å². The average Bonchev–Trinajstić information content (AvgIpc) is 2.55. The van der Waals surface area contributed by atoms with Crippen molar-refractivity contribution in [2.24, 2.45) is 0 Å². The van der Waals surface area contributed by atoms with Gasteiger partial charge in [-0.05, 0) is 36.8 Å². The quantitative estimate of drug-likeness (QED) is 0.828. The zero-order valence-electron chi connectivity index (χ0n) is 13.2. The van der Waals surface area contributed by atoms with E-state index in [1.54, 1.807) is 36.4 Å². The first-order valence-corrected chi connectivity index (χ1v) is 7.39. The molecule has 0 saturated carbocycles. The number of nitriles is 1. The number of benzene rings is 2. The van der Waals surface area contributed by atoms with Crippen LogP contribution in [0.15, 0.2) is 54.6 Å². The molecule has 0 fully saturated rings. The third-order valence-electron chi connectivity index (χ3n) is 3.16. The Bertz CT molecular complexity index is 802. The van der Waals surface area contributed by atoms with Crippen molar-refractivity contribution in [3.8, 4) is 6.07 Å². The maximum atomic E-state index is 12.0. The van der Waals surface area contributed by atoms with E-state index in [-0.39, 0.29) is 18.2 Å². The number of rotatable bonds is 5. The molecule has 2 aromatic rings. The van der Waals surface area contributed by atoms with Crippen molar-refractivity contribution in [3.63, 3.8) is 0 Å². The van der Waals surface area contributed by atoms with E-state index in [0.717, 1.165) is 11.1 Å². The maximum Gasteiger partial charge on any atom is 0.248 e. The van der Waals surface area contributed by atoms with Gasteiger partial charge in [0.05, 0.1) is 6.07 Å². The summed E-state index contributed by atoms with van der Waals surface area (Å²) in [7, 11) is 0. The Morgan fingerprint density at radius 1 is 1.08 bits per heavy atom. The highest BCUT2D eigenvalue weighted by Gasteiger charge is 2.03. The highest BCUT2D eigenvalue weighted by molar-refractivity contribution is 6.02. The van der Waals surface area contributed by atoms with Gasteiger partial charge in [-0.25, -0.2) is 0 Å². The van der Waals surface area contributed by atoms with Gasteiger partial charge >= 0.3 is 0 Å². The van der Waals surface area contributed by atoms with Crippen LogP contribution in [0, 0.1) is 18.3 Å². The SMILES string of the molecule is Cc1ccc(/C=C/C(=O)Nc2cccc(NC(=O)CC#N)c2)cc1.